The summed E-state index contributed by atoms with van der Waals surface area (Å²) in [4.78, 5) is 25.4. The molecule has 178 valence electrons. The average Bonchev–Trinajstić information content (AvgIpc) is 2.81. The molecule has 0 aromatic heterocycles. The molecule has 0 saturated heterocycles. The Morgan fingerprint density at radius 2 is 1.61 bits per heavy atom. The number of Topliss-reactive ketones (excluding diaryl/α,β-unsaturated/α-hetero) is 1. The second kappa shape index (κ2) is 12.3. The van der Waals surface area contributed by atoms with Gasteiger partial charge in [0, 0.05) is 11.8 Å². The van der Waals surface area contributed by atoms with Crippen molar-refractivity contribution >= 4 is 46.4 Å². The molecule has 0 saturated carbocycles. The van der Waals surface area contributed by atoms with Crippen molar-refractivity contribution in [2.24, 2.45) is 10.2 Å². The zero-order valence-corrected chi connectivity index (χ0v) is 20.4. The van der Waals surface area contributed by atoms with Crippen LogP contribution in [0.3, 0.4) is 0 Å². The highest BCUT2D eigenvalue weighted by molar-refractivity contribution is 6.40. The first kappa shape index (κ1) is 26.2. The fraction of sp³-hybridized carbons (Fsp3) is 0.364. The highest BCUT2D eigenvalue weighted by Gasteiger charge is 2.32. The molecule has 1 unspecified atom stereocenters. The van der Waals surface area contributed by atoms with E-state index in [0.29, 0.717) is 19.0 Å². The maximum atomic E-state index is 13.1. The van der Waals surface area contributed by atoms with Gasteiger partial charge in [0.1, 0.15) is 22.9 Å². The van der Waals surface area contributed by atoms with Gasteiger partial charge in [0.05, 0.1) is 32.5 Å². The summed E-state index contributed by atoms with van der Waals surface area (Å²) in [7, 11) is 2.83. The smallest absolute Gasteiger partial charge is 0.276 e. The van der Waals surface area contributed by atoms with Crippen molar-refractivity contribution in [1.82, 2.24) is 0 Å². The van der Waals surface area contributed by atoms with Gasteiger partial charge in [-0.25, -0.2) is 4.42 Å². The Labute approximate surface area is 202 Å². The van der Waals surface area contributed by atoms with Crippen LogP contribution in [-0.4, -0.2) is 45.2 Å². The summed E-state index contributed by atoms with van der Waals surface area (Å²) in [5.74, 6) is -0.254. The van der Waals surface area contributed by atoms with Crippen molar-refractivity contribution in [3.63, 3.8) is 0 Å². The molecule has 0 radical (unpaired) electrons. The van der Waals surface area contributed by atoms with Crippen LogP contribution in [0.4, 0.5) is 11.4 Å². The lowest BCUT2D eigenvalue weighted by Gasteiger charge is -2.21. The quantitative estimate of drug-likeness (QED) is 0.234. The Kier molecular flexibility index (Phi) is 9.74. The molecule has 0 N–H and O–H groups in total. The fourth-order valence-electron chi connectivity index (χ4n) is 2.84. The van der Waals surface area contributed by atoms with Gasteiger partial charge in [-0.1, -0.05) is 17.7 Å². The predicted molar refractivity (Wildman–Crippen MR) is 126 cm³/mol. The van der Waals surface area contributed by atoms with Crippen LogP contribution in [0.25, 0.3) is 0 Å². The number of amides is 1. The van der Waals surface area contributed by atoms with E-state index in [1.807, 2.05) is 6.92 Å². The van der Waals surface area contributed by atoms with Crippen LogP contribution in [0.1, 0.15) is 20.8 Å². The third-order valence-corrected chi connectivity index (χ3v) is 4.96. The van der Waals surface area contributed by atoms with Crippen molar-refractivity contribution in [2.75, 3.05) is 31.9 Å². The fourth-order valence-corrected chi connectivity index (χ4v) is 3.28. The summed E-state index contributed by atoms with van der Waals surface area (Å²) in [5.41, 5.74) is 0.251. The Hall–Kier alpha value is -3.04. The molecule has 11 heteroatoms. The van der Waals surface area contributed by atoms with Crippen LogP contribution < -0.4 is 23.4 Å². The van der Waals surface area contributed by atoms with Crippen molar-refractivity contribution in [1.29, 1.82) is 0 Å². The number of hydrogen-bond donors (Lipinski definition) is 0. The van der Waals surface area contributed by atoms with Gasteiger partial charge >= 0.3 is 0 Å². The molecule has 0 spiro atoms. The number of azo groups is 1. The lowest BCUT2D eigenvalue weighted by Crippen LogP contribution is -2.36. The summed E-state index contributed by atoms with van der Waals surface area (Å²) in [6.07, 6.45) is 0. The molecule has 9 nitrogen and oxygen atoms in total. The number of ketones is 1. The molecule has 0 fully saturated rings. The van der Waals surface area contributed by atoms with Gasteiger partial charge in [-0.3, -0.25) is 9.59 Å². The first-order valence-electron chi connectivity index (χ1n) is 10.0. The Morgan fingerprint density at radius 1 is 1.00 bits per heavy atom. The first-order valence-corrected chi connectivity index (χ1v) is 10.7. The van der Waals surface area contributed by atoms with E-state index in [2.05, 4.69) is 10.2 Å². The minimum atomic E-state index is -1.56. The Balaban J connectivity index is 2.48. The summed E-state index contributed by atoms with van der Waals surface area (Å²) in [5, 5.41) is 8.23. The monoisotopic (exact) mass is 497 g/mol. The molecule has 33 heavy (non-hydrogen) atoms. The van der Waals surface area contributed by atoms with E-state index in [1.165, 1.54) is 21.1 Å². The summed E-state index contributed by atoms with van der Waals surface area (Å²) < 4.78 is 22.5. The van der Waals surface area contributed by atoms with Crippen molar-refractivity contribution in [3.8, 4) is 23.0 Å². The van der Waals surface area contributed by atoms with Crippen molar-refractivity contribution in [3.05, 3.63) is 35.4 Å². The summed E-state index contributed by atoms with van der Waals surface area (Å²) in [6, 6.07) is 6.50. The highest BCUT2D eigenvalue weighted by Crippen LogP contribution is 2.43. The third-order valence-electron chi connectivity index (χ3n) is 4.32. The third kappa shape index (κ3) is 6.06. The van der Waals surface area contributed by atoms with E-state index in [1.54, 1.807) is 37.3 Å². The van der Waals surface area contributed by atoms with E-state index in [-0.39, 0.29) is 33.6 Å². The number of rotatable bonds is 11. The average molecular weight is 498 g/mol. The zero-order valence-electron chi connectivity index (χ0n) is 18.9. The number of nitrogens with zero attached hydrogens (tertiary/aromatic N) is 3. The maximum absolute atomic E-state index is 13.1. The molecule has 1 atom stereocenters. The normalized spacial score (nSPS) is 11.7. The van der Waals surface area contributed by atoms with E-state index in [0.717, 1.165) is 4.42 Å². The molecule has 2 aromatic rings. The van der Waals surface area contributed by atoms with Gasteiger partial charge in [0.2, 0.25) is 6.04 Å². The number of halogens is 2. The van der Waals surface area contributed by atoms with Crippen LogP contribution >= 0.6 is 23.4 Å². The highest BCUT2D eigenvalue weighted by atomic mass is 35.5. The van der Waals surface area contributed by atoms with E-state index >= 15 is 0 Å². The van der Waals surface area contributed by atoms with E-state index in [4.69, 9.17) is 42.3 Å². The van der Waals surface area contributed by atoms with E-state index < -0.39 is 17.7 Å². The lowest BCUT2D eigenvalue weighted by atomic mass is 10.2. The molecule has 0 bridgehead atoms. The van der Waals surface area contributed by atoms with Crippen molar-refractivity contribution < 1.29 is 28.5 Å². The van der Waals surface area contributed by atoms with Gasteiger partial charge in [0.15, 0.2) is 17.3 Å². The van der Waals surface area contributed by atoms with E-state index in [9.17, 15) is 9.59 Å². The molecule has 2 rings (SSSR count). The van der Waals surface area contributed by atoms with Gasteiger partial charge in [-0.15, -0.1) is 5.11 Å². The molecule has 1 amide bonds. The number of methoxy groups -OCH3 is 2. The zero-order chi connectivity index (χ0) is 24.5. The molecule has 0 aliphatic rings. The number of ether oxygens (including phenoxy) is 4. The summed E-state index contributed by atoms with van der Waals surface area (Å²) in [6.45, 7) is 5.49. The molecular weight excluding hydrogens is 473 g/mol. The first-order chi connectivity index (χ1) is 15.8. The standard InChI is InChI=1S/C22H25Cl2N3O6/c1-6-32-17-12-11-14(23)19(21(17)33-7-2)26-25-18(13(3)28)22(29)27(24)20-15(30-4)9-8-10-16(20)31-5/h8-12,18H,6-7H2,1-5H3. The van der Waals surface area contributed by atoms with Gasteiger partial charge in [-0.2, -0.15) is 5.11 Å². The number of hydrogen-bond acceptors (Lipinski definition) is 8. The van der Waals surface area contributed by atoms with Gasteiger partial charge in [0.25, 0.3) is 5.91 Å². The Morgan fingerprint density at radius 3 is 2.12 bits per heavy atom. The summed E-state index contributed by atoms with van der Waals surface area (Å²) >= 11 is 12.6. The van der Waals surface area contributed by atoms with Gasteiger partial charge in [-0.05, 0) is 45.0 Å². The number of carbonyl (C=O) groups excluding carboxylic acids is 2. The topological polar surface area (TPSA) is 99.0 Å². The lowest BCUT2D eigenvalue weighted by molar-refractivity contribution is -0.126. The SMILES string of the molecule is CCOc1ccc(Cl)c(N=NC(C(C)=O)C(=O)N(Cl)c2c(OC)cccc2OC)c1OCC. The van der Waals surface area contributed by atoms with Crippen LogP contribution in [-0.2, 0) is 9.59 Å². The number of para-hydroxylation sites is 1. The number of carbonyl (C=O) groups is 2. The molecule has 0 aliphatic heterocycles. The minimum Gasteiger partial charge on any atom is -0.494 e. The van der Waals surface area contributed by atoms with Gasteiger partial charge < -0.3 is 18.9 Å². The number of anilines is 1. The predicted octanol–water partition coefficient (Wildman–Crippen LogP) is 5.38. The number of benzene rings is 2. The second-order valence-corrected chi connectivity index (χ2v) is 7.19. The van der Waals surface area contributed by atoms with Crippen LogP contribution in [0.5, 0.6) is 23.0 Å². The molecular formula is C22H25Cl2N3O6. The van der Waals surface area contributed by atoms with Crippen molar-refractivity contribution in [2.45, 2.75) is 26.8 Å². The van der Waals surface area contributed by atoms with Crippen LogP contribution in [0.2, 0.25) is 5.02 Å². The molecule has 0 heterocycles. The van der Waals surface area contributed by atoms with Crippen LogP contribution in [0, 0.1) is 0 Å². The van der Waals surface area contributed by atoms with Crippen LogP contribution in [0.15, 0.2) is 40.6 Å². The molecule has 0 aliphatic carbocycles. The second-order valence-electron chi connectivity index (χ2n) is 6.45. The minimum absolute atomic E-state index is 0.125. The maximum Gasteiger partial charge on any atom is 0.276 e. The molecule has 2 aromatic carbocycles. The largest absolute Gasteiger partial charge is 0.494 e. The Bertz CT molecular complexity index is 1010.